The molecule has 28 heavy (non-hydrogen) atoms. The van der Waals surface area contributed by atoms with Crippen molar-refractivity contribution >= 4 is 6.03 Å². The van der Waals surface area contributed by atoms with Gasteiger partial charge >= 0.3 is 12.2 Å². The van der Waals surface area contributed by atoms with Crippen molar-refractivity contribution in [3.63, 3.8) is 0 Å². The lowest BCUT2D eigenvalue weighted by Crippen LogP contribution is -2.58. The summed E-state index contributed by atoms with van der Waals surface area (Å²) < 4.78 is 46.2. The van der Waals surface area contributed by atoms with E-state index in [1.165, 1.54) is 0 Å². The van der Waals surface area contributed by atoms with Crippen molar-refractivity contribution in [2.24, 2.45) is 11.3 Å². The van der Waals surface area contributed by atoms with Crippen molar-refractivity contribution in [1.82, 2.24) is 15.2 Å². The van der Waals surface area contributed by atoms with Crippen LogP contribution in [0.25, 0.3) is 0 Å². The summed E-state index contributed by atoms with van der Waals surface area (Å²) in [7, 11) is 0. The summed E-state index contributed by atoms with van der Waals surface area (Å²) >= 11 is 0. The number of carbonyl (C=O) groups is 1. The number of amides is 2. The number of halogens is 3. The zero-order chi connectivity index (χ0) is 20.4. The molecule has 2 aliphatic rings. The molecule has 1 aromatic heterocycles. The number of rotatable bonds is 3. The smallest absolute Gasteiger partial charge is 0.381 e. The van der Waals surface area contributed by atoms with Gasteiger partial charge in [-0.1, -0.05) is 19.9 Å². The lowest BCUT2D eigenvalue weighted by molar-refractivity contribution is -0.232. The molecule has 2 aliphatic heterocycles. The maximum absolute atomic E-state index is 13.6. The van der Waals surface area contributed by atoms with E-state index in [-0.39, 0.29) is 31.0 Å². The van der Waals surface area contributed by atoms with Crippen LogP contribution in [0.15, 0.2) is 24.5 Å². The van der Waals surface area contributed by atoms with Gasteiger partial charge in [-0.3, -0.25) is 4.98 Å². The van der Waals surface area contributed by atoms with Gasteiger partial charge in [-0.15, -0.1) is 0 Å². The number of nitrogens with one attached hydrogen (secondary N) is 1. The Labute approximate surface area is 163 Å². The van der Waals surface area contributed by atoms with Crippen LogP contribution in [0, 0.1) is 11.3 Å². The Balaban J connectivity index is 1.66. The Morgan fingerprint density at radius 1 is 1.36 bits per heavy atom. The van der Waals surface area contributed by atoms with Gasteiger partial charge < -0.3 is 15.0 Å². The van der Waals surface area contributed by atoms with E-state index in [0.717, 1.165) is 5.56 Å². The molecule has 2 amide bonds. The number of aromatic nitrogens is 1. The van der Waals surface area contributed by atoms with Gasteiger partial charge in [0.2, 0.25) is 0 Å². The summed E-state index contributed by atoms with van der Waals surface area (Å²) in [6.45, 7) is 5.25. The molecule has 0 aromatic carbocycles. The van der Waals surface area contributed by atoms with Crippen LogP contribution in [0.2, 0.25) is 0 Å². The summed E-state index contributed by atoms with van der Waals surface area (Å²) in [6, 6.07) is 3.49. The fraction of sp³-hybridized carbons (Fsp3) is 0.700. The number of piperidine rings is 1. The first-order valence-corrected chi connectivity index (χ1v) is 9.72. The SMILES string of the molecule is CC(C)(CNC(=O)N1CC[C@@H](C(F)(F)F)C2(CCOCC2)C1)c1cccnc1. The molecule has 0 saturated carbocycles. The second kappa shape index (κ2) is 7.89. The number of pyridine rings is 1. The van der Waals surface area contributed by atoms with E-state index in [2.05, 4.69) is 10.3 Å². The summed E-state index contributed by atoms with van der Waals surface area (Å²) in [5.41, 5.74) is -0.276. The highest BCUT2D eigenvalue weighted by Gasteiger charge is 2.56. The van der Waals surface area contributed by atoms with Gasteiger partial charge in [0, 0.05) is 56.1 Å². The van der Waals surface area contributed by atoms with Gasteiger partial charge in [0.05, 0.1) is 5.92 Å². The summed E-state index contributed by atoms with van der Waals surface area (Å²) in [5, 5.41) is 2.91. The third kappa shape index (κ3) is 4.42. The normalized spacial score (nSPS) is 22.9. The fourth-order valence-corrected chi connectivity index (χ4v) is 4.40. The van der Waals surface area contributed by atoms with Gasteiger partial charge in [0.25, 0.3) is 0 Å². The summed E-state index contributed by atoms with van der Waals surface area (Å²) in [6.07, 6.45) is -0.177. The Morgan fingerprint density at radius 3 is 2.68 bits per heavy atom. The molecule has 1 atom stereocenters. The van der Waals surface area contributed by atoms with E-state index in [1.807, 2.05) is 26.0 Å². The molecule has 1 N–H and O–H groups in total. The highest BCUT2D eigenvalue weighted by atomic mass is 19.4. The van der Waals surface area contributed by atoms with Gasteiger partial charge in [-0.05, 0) is 30.9 Å². The maximum Gasteiger partial charge on any atom is 0.392 e. The first kappa shape index (κ1) is 20.9. The van der Waals surface area contributed by atoms with Crippen molar-refractivity contribution in [3.05, 3.63) is 30.1 Å². The molecule has 2 saturated heterocycles. The second-order valence-corrected chi connectivity index (χ2v) is 8.56. The monoisotopic (exact) mass is 399 g/mol. The van der Waals surface area contributed by atoms with Crippen molar-refractivity contribution < 1.29 is 22.7 Å². The standard InChI is InChI=1S/C20H28F3N3O2/c1-18(2,15-4-3-8-24-12-15)13-25-17(27)26-9-5-16(20(21,22)23)19(14-26)6-10-28-11-7-19/h3-4,8,12,16H,5-7,9-11,13-14H2,1-2H3,(H,25,27)/t16-/m1/s1. The van der Waals surface area contributed by atoms with Crippen LogP contribution < -0.4 is 5.32 Å². The molecule has 0 unspecified atom stereocenters. The molecule has 0 radical (unpaired) electrons. The zero-order valence-electron chi connectivity index (χ0n) is 16.4. The Kier molecular flexibility index (Phi) is 5.89. The first-order chi connectivity index (χ1) is 13.1. The van der Waals surface area contributed by atoms with Crippen LogP contribution in [0.3, 0.4) is 0 Å². The number of urea groups is 1. The average Bonchev–Trinajstić information content (AvgIpc) is 2.66. The number of carbonyl (C=O) groups excluding carboxylic acids is 1. The number of hydrogen-bond acceptors (Lipinski definition) is 3. The molecular weight excluding hydrogens is 371 g/mol. The van der Waals surface area contributed by atoms with E-state index in [1.54, 1.807) is 17.3 Å². The molecule has 5 nitrogen and oxygen atoms in total. The van der Waals surface area contributed by atoms with E-state index in [4.69, 9.17) is 4.74 Å². The average molecular weight is 399 g/mol. The van der Waals surface area contributed by atoms with Crippen molar-refractivity contribution in [1.29, 1.82) is 0 Å². The number of hydrogen-bond donors (Lipinski definition) is 1. The van der Waals surface area contributed by atoms with Crippen LogP contribution in [0.4, 0.5) is 18.0 Å². The molecule has 156 valence electrons. The van der Waals surface area contributed by atoms with Crippen LogP contribution in [-0.4, -0.2) is 54.9 Å². The minimum Gasteiger partial charge on any atom is -0.381 e. The third-order valence-corrected chi connectivity index (χ3v) is 6.23. The minimum atomic E-state index is -4.25. The molecule has 8 heteroatoms. The molecule has 0 bridgehead atoms. The Morgan fingerprint density at radius 2 is 2.07 bits per heavy atom. The highest BCUT2D eigenvalue weighted by molar-refractivity contribution is 5.74. The highest BCUT2D eigenvalue weighted by Crippen LogP contribution is 2.50. The van der Waals surface area contributed by atoms with Gasteiger partial charge in [-0.25, -0.2) is 4.79 Å². The van der Waals surface area contributed by atoms with E-state index < -0.39 is 17.5 Å². The van der Waals surface area contributed by atoms with Crippen LogP contribution in [0.5, 0.6) is 0 Å². The Bertz CT molecular complexity index is 673. The van der Waals surface area contributed by atoms with E-state index in [9.17, 15) is 18.0 Å². The van der Waals surface area contributed by atoms with Crippen molar-refractivity contribution in [2.45, 2.75) is 44.7 Å². The molecule has 0 aliphatic carbocycles. The molecular formula is C20H28F3N3O2. The molecule has 2 fully saturated rings. The Hall–Kier alpha value is -1.83. The van der Waals surface area contributed by atoms with Crippen LogP contribution >= 0.6 is 0 Å². The lowest BCUT2D eigenvalue weighted by atomic mass is 9.66. The molecule has 1 spiro atoms. The predicted molar refractivity (Wildman–Crippen MR) is 98.9 cm³/mol. The quantitative estimate of drug-likeness (QED) is 0.842. The lowest BCUT2D eigenvalue weighted by Gasteiger charge is -2.50. The van der Waals surface area contributed by atoms with Gasteiger partial charge in [0.1, 0.15) is 0 Å². The predicted octanol–water partition coefficient (Wildman–Crippen LogP) is 3.75. The van der Waals surface area contributed by atoms with Crippen LogP contribution in [-0.2, 0) is 10.2 Å². The van der Waals surface area contributed by atoms with Gasteiger partial charge in [0.15, 0.2) is 0 Å². The summed E-state index contributed by atoms with van der Waals surface area (Å²) in [5.74, 6) is -1.38. The molecule has 3 heterocycles. The number of alkyl halides is 3. The van der Waals surface area contributed by atoms with E-state index in [0.29, 0.717) is 32.6 Å². The van der Waals surface area contributed by atoms with Crippen molar-refractivity contribution in [3.8, 4) is 0 Å². The first-order valence-electron chi connectivity index (χ1n) is 9.72. The largest absolute Gasteiger partial charge is 0.392 e. The summed E-state index contributed by atoms with van der Waals surface area (Å²) in [4.78, 5) is 18.4. The third-order valence-electron chi connectivity index (χ3n) is 6.23. The molecule has 3 rings (SSSR count). The topological polar surface area (TPSA) is 54.5 Å². The van der Waals surface area contributed by atoms with Crippen LogP contribution in [0.1, 0.15) is 38.7 Å². The van der Waals surface area contributed by atoms with Crippen molar-refractivity contribution in [2.75, 3.05) is 32.8 Å². The fourth-order valence-electron chi connectivity index (χ4n) is 4.40. The number of likely N-dealkylation sites (tertiary alicyclic amines) is 1. The second-order valence-electron chi connectivity index (χ2n) is 8.56. The number of ether oxygens (including phenoxy) is 1. The molecule has 1 aromatic rings. The number of nitrogens with zero attached hydrogens (tertiary/aromatic N) is 2. The maximum atomic E-state index is 13.6. The van der Waals surface area contributed by atoms with Gasteiger partial charge in [-0.2, -0.15) is 13.2 Å². The zero-order valence-corrected chi connectivity index (χ0v) is 16.4. The van der Waals surface area contributed by atoms with E-state index >= 15 is 0 Å². The minimum absolute atomic E-state index is 0.0527.